The maximum absolute atomic E-state index is 6.36. The molecule has 0 saturated heterocycles. The fourth-order valence-corrected chi connectivity index (χ4v) is 2.53. The zero-order chi connectivity index (χ0) is 13.9. The molecule has 0 aromatic carbocycles. The van der Waals surface area contributed by atoms with E-state index in [4.69, 9.17) is 10.5 Å². The molecule has 2 N–H and O–H groups in total. The molecule has 0 atom stereocenters. The third-order valence-corrected chi connectivity index (χ3v) is 3.78. The third-order valence-electron chi connectivity index (χ3n) is 3.78. The predicted octanol–water partition coefficient (Wildman–Crippen LogP) is 2.95. The highest BCUT2D eigenvalue weighted by molar-refractivity contribution is 5.15. The molecule has 1 aromatic heterocycles. The zero-order valence-corrected chi connectivity index (χ0v) is 12.3. The van der Waals surface area contributed by atoms with Gasteiger partial charge in [-0.25, -0.2) is 4.98 Å². The van der Waals surface area contributed by atoms with Crippen LogP contribution in [0.3, 0.4) is 0 Å². The van der Waals surface area contributed by atoms with Crippen LogP contribution in [0.5, 0.6) is 6.01 Å². The van der Waals surface area contributed by atoms with Gasteiger partial charge in [-0.05, 0) is 31.7 Å². The molecule has 1 heterocycles. The Bertz CT molecular complexity index is 425. The summed E-state index contributed by atoms with van der Waals surface area (Å²) in [7, 11) is 0. The van der Waals surface area contributed by atoms with Crippen molar-refractivity contribution in [3.8, 4) is 6.01 Å². The molecule has 0 bridgehead atoms. The normalized spacial score (nSPS) is 18.6. The molecule has 0 spiro atoms. The quantitative estimate of drug-likeness (QED) is 0.907. The Hall–Kier alpha value is -1.16. The summed E-state index contributed by atoms with van der Waals surface area (Å²) in [6.45, 7) is 6.74. The maximum Gasteiger partial charge on any atom is 0.316 e. The Morgan fingerprint density at radius 3 is 2.58 bits per heavy atom. The van der Waals surface area contributed by atoms with E-state index in [2.05, 4.69) is 23.8 Å². The lowest BCUT2D eigenvalue weighted by Crippen LogP contribution is -2.47. The molecule has 0 radical (unpaired) electrons. The highest BCUT2D eigenvalue weighted by atomic mass is 16.5. The van der Waals surface area contributed by atoms with E-state index in [9.17, 15) is 0 Å². The number of ether oxygens (including phenoxy) is 1. The molecule has 2 rings (SSSR count). The fraction of sp³-hybridized carbons (Fsp3) is 0.733. The molecule has 4 nitrogen and oxygen atoms in total. The molecule has 4 heteroatoms. The average molecular weight is 263 g/mol. The van der Waals surface area contributed by atoms with Crippen LogP contribution in [0.1, 0.15) is 63.3 Å². The van der Waals surface area contributed by atoms with E-state index < -0.39 is 0 Å². The smallest absolute Gasteiger partial charge is 0.316 e. The van der Waals surface area contributed by atoms with Crippen LogP contribution in [0.15, 0.2) is 6.07 Å². The largest absolute Gasteiger partial charge is 0.461 e. The van der Waals surface area contributed by atoms with Crippen molar-refractivity contribution in [3.05, 3.63) is 17.5 Å². The van der Waals surface area contributed by atoms with Crippen LogP contribution in [0.25, 0.3) is 0 Å². The molecule has 0 aliphatic heterocycles. The van der Waals surface area contributed by atoms with Gasteiger partial charge in [0.2, 0.25) is 0 Å². The first-order valence-corrected chi connectivity index (χ1v) is 7.26. The molecule has 1 saturated carbocycles. The Morgan fingerprint density at radius 2 is 1.95 bits per heavy atom. The van der Waals surface area contributed by atoms with Gasteiger partial charge in [-0.3, -0.25) is 0 Å². The maximum atomic E-state index is 6.36. The molecular weight excluding hydrogens is 238 g/mol. The van der Waals surface area contributed by atoms with Gasteiger partial charge >= 0.3 is 6.01 Å². The van der Waals surface area contributed by atoms with E-state index in [1.165, 1.54) is 19.3 Å². The zero-order valence-electron chi connectivity index (χ0n) is 12.3. The van der Waals surface area contributed by atoms with Crippen LogP contribution in [0.2, 0.25) is 0 Å². The Labute approximate surface area is 115 Å². The average Bonchev–Trinajstić information content (AvgIpc) is 2.37. The van der Waals surface area contributed by atoms with Crippen molar-refractivity contribution in [1.29, 1.82) is 0 Å². The second kappa shape index (κ2) is 5.87. The van der Waals surface area contributed by atoms with Gasteiger partial charge < -0.3 is 10.5 Å². The second-order valence-corrected chi connectivity index (χ2v) is 6.08. The molecule has 1 aromatic rings. The van der Waals surface area contributed by atoms with E-state index in [0.717, 1.165) is 24.2 Å². The Balaban J connectivity index is 2.02. The van der Waals surface area contributed by atoms with Gasteiger partial charge in [-0.15, -0.1) is 0 Å². The molecular formula is C15H25N3O. The summed E-state index contributed by atoms with van der Waals surface area (Å²) in [5, 5.41) is 0. The van der Waals surface area contributed by atoms with Crippen molar-refractivity contribution in [2.75, 3.05) is 6.61 Å². The van der Waals surface area contributed by atoms with Crippen LogP contribution in [0.4, 0.5) is 0 Å². The summed E-state index contributed by atoms with van der Waals surface area (Å²) in [6, 6.07) is 2.48. The van der Waals surface area contributed by atoms with Crippen molar-refractivity contribution >= 4 is 0 Å². The van der Waals surface area contributed by atoms with Gasteiger partial charge in [-0.2, -0.15) is 4.98 Å². The lowest BCUT2D eigenvalue weighted by atomic mass is 9.83. The van der Waals surface area contributed by atoms with Crippen LogP contribution in [-0.2, 0) is 0 Å². The van der Waals surface area contributed by atoms with Crippen LogP contribution in [0, 0.1) is 6.92 Å². The van der Waals surface area contributed by atoms with Crippen molar-refractivity contribution < 1.29 is 4.74 Å². The third kappa shape index (κ3) is 3.90. The molecule has 1 fully saturated rings. The second-order valence-electron chi connectivity index (χ2n) is 6.08. The van der Waals surface area contributed by atoms with Crippen LogP contribution in [-0.4, -0.2) is 22.1 Å². The summed E-state index contributed by atoms with van der Waals surface area (Å²) < 4.78 is 5.77. The van der Waals surface area contributed by atoms with Crippen molar-refractivity contribution in [1.82, 2.24) is 9.97 Å². The Morgan fingerprint density at radius 1 is 1.26 bits per heavy atom. The number of hydrogen-bond acceptors (Lipinski definition) is 4. The number of nitrogens with zero attached hydrogens (tertiary/aromatic N) is 2. The van der Waals surface area contributed by atoms with Crippen molar-refractivity contribution in [2.24, 2.45) is 5.73 Å². The lowest BCUT2D eigenvalue weighted by Gasteiger charge is -2.32. The molecule has 19 heavy (non-hydrogen) atoms. The first kappa shape index (κ1) is 14.3. The van der Waals surface area contributed by atoms with Gasteiger partial charge in [0.15, 0.2) is 0 Å². The van der Waals surface area contributed by atoms with Gasteiger partial charge in [0.1, 0.15) is 6.61 Å². The summed E-state index contributed by atoms with van der Waals surface area (Å²) in [6.07, 6.45) is 5.76. The topological polar surface area (TPSA) is 61.0 Å². The highest BCUT2D eigenvalue weighted by Gasteiger charge is 2.28. The molecule has 0 unspecified atom stereocenters. The summed E-state index contributed by atoms with van der Waals surface area (Å²) in [5.41, 5.74) is 8.14. The van der Waals surface area contributed by atoms with E-state index in [1.54, 1.807) is 0 Å². The number of rotatable bonds is 4. The minimum atomic E-state index is -0.191. The summed E-state index contributed by atoms with van der Waals surface area (Å²) >= 11 is 0. The Kier molecular flexibility index (Phi) is 4.40. The van der Waals surface area contributed by atoms with Gasteiger partial charge in [0.25, 0.3) is 0 Å². The minimum Gasteiger partial charge on any atom is -0.461 e. The first-order chi connectivity index (χ1) is 8.98. The highest BCUT2D eigenvalue weighted by Crippen LogP contribution is 2.26. The number of nitrogens with two attached hydrogens (primary N) is 1. The van der Waals surface area contributed by atoms with E-state index >= 15 is 0 Å². The van der Waals surface area contributed by atoms with E-state index in [-0.39, 0.29) is 5.54 Å². The number of aromatic nitrogens is 2. The van der Waals surface area contributed by atoms with Gasteiger partial charge in [0.05, 0.1) is 11.2 Å². The predicted molar refractivity (Wildman–Crippen MR) is 76.4 cm³/mol. The summed E-state index contributed by atoms with van der Waals surface area (Å²) in [4.78, 5) is 8.80. The molecule has 106 valence electrons. The fourth-order valence-electron chi connectivity index (χ4n) is 2.53. The van der Waals surface area contributed by atoms with Crippen LogP contribution >= 0.6 is 0 Å². The van der Waals surface area contributed by atoms with Crippen LogP contribution < -0.4 is 10.5 Å². The number of hydrogen-bond donors (Lipinski definition) is 1. The molecule has 0 amide bonds. The van der Waals surface area contributed by atoms with Gasteiger partial charge in [-0.1, -0.05) is 33.1 Å². The SMILES string of the molecule is Cc1cc(C(C)C)nc(OCC2(N)CCCCC2)n1. The van der Waals surface area contributed by atoms with Crippen molar-refractivity contribution in [3.63, 3.8) is 0 Å². The molecule has 1 aliphatic carbocycles. The van der Waals surface area contributed by atoms with E-state index in [1.807, 2.05) is 13.0 Å². The minimum absolute atomic E-state index is 0.191. The number of aryl methyl sites for hydroxylation is 1. The van der Waals surface area contributed by atoms with Gasteiger partial charge in [0, 0.05) is 5.69 Å². The van der Waals surface area contributed by atoms with Crippen molar-refractivity contribution in [2.45, 2.75) is 64.3 Å². The lowest BCUT2D eigenvalue weighted by molar-refractivity contribution is 0.163. The first-order valence-electron chi connectivity index (χ1n) is 7.26. The van der Waals surface area contributed by atoms with E-state index in [0.29, 0.717) is 18.5 Å². The monoisotopic (exact) mass is 263 g/mol. The molecule has 1 aliphatic rings. The standard InChI is InChI=1S/C15H25N3O/c1-11(2)13-9-12(3)17-14(18-13)19-10-15(16)7-5-4-6-8-15/h9,11H,4-8,10,16H2,1-3H3. The summed E-state index contributed by atoms with van der Waals surface area (Å²) in [5.74, 6) is 0.380.